The van der Waals surface area contributed by atoms with E-state index in [9.17, 15) is 13.2 Å². The number of hydrogen-bond donors (Lipinski definition) is 1. The molecule has 92 valence electrons. The van der Waals surface area contributed by atoms with Crippen molar-refractivity contribution in [3.8, 4) is 0 Å². The highest BCUT2D eigenvalue weighted by molar-refractivity contribution is 7.90. The molecule has 0 aromatic carbocycles. The van der Waals surface area contributed by atoms with Gasteiger partial charge in [0.1, 0.15) is 0 Å². The van der Waals surface area contributed by atoms with Crippen LogP contribution in [0.15, 0.2) is 11.4 Å². The highest BCUT2D eigenvalue weighted by Crippen LogP contribution is 2.17. The SMILES string of the molecule is CS(=O)(=O)c1ncc2c(n1)CCN(C(=O)O)C2. The van der Waals surface area contributed by atoms with Crippen LogP contribution in [-0.4, -0.2) is 47.3 Å². The van der Waals surface area contributed by atoms with E-state index in [0.29, 0.717) is 24.2 Å². The second-order valence-electron chi connectivity index (χ2n) is 3.85. The fraction of sp³-hybridized carbons (Fsp3) is 0.444. The lowest BCUT2D eigenvalue weighted by molar-refractivity contribution is 0.139. The van der Waals surface area contributed by atoms with Gasteiger partial charge in [0.2, 0.25) is 15.0 Å². The van der Waals surface area contributed by atoms with Crippen molar-refractivity contribution in [1.82, 2.24) is 14.9 Å². The molecule has 0 unspecified atom stereocenters. The quantitative estimate of drug-likeness (QED) is 0.706. The molecule has 0 spiro atoms. The first-order chi connectivity index (χ1) is 7.88. The summed E-state index contributed by atoms with van der Waals surface area (Å²) in [4.78, 5) is 19.7. The Morgan fingerprint density at radius 2 is 2.24 bits per heavy atom. The molecule has 1 N–H and O–H groups in total. The molecule has 17 heavy (non-hydrogen) atoms. The minimum Gasteiger partial charge on any atom is -0.465 e. The van der Waals surface area contributed by atoms with Gasteiger partial charge in [-0.05, 0) is 0 Å². The van der Waals surface area contributed by atoms with Crippen molar-refractivity contribution in [3.05, 3.63) is 17.5 Å². The number of carboxylic acid groups (broad SMARTS) is 1. The molecule has 1 aliphatic rings. The summed E-state index contributed by atoms with van der Waals surface area (Å²) in [5, 5.41) is 8.63. The highest BCUT2D eigenvalue weighted by Gasteiger charge is 2.23. The first kappa shape index (κ1) is 11.8. The lowest BCUT2D eigenvalue weighted by Gasteiger charge is -2.25. The van der Waals surface area contributed by atoms with Crippen LogP contribution in [0.1, 0.15) is 11.3 Å². The van der Waals surface area contributed by atoms with Gasteiger partial charge >= 0.3 is 6.09 Å². The molecule has 7 nitrogen and oxygen atoms in total. The summed E-state index contributed by atoms with van der Waals surface area (Å²) in [6.07, 6.45) is 1.84. The van der Waals surface area contributed by atoms with Gasteiger partial charge in [-0.15, -0.1) is 0 Å². The summed E-state index contributed by atoms with van der Waals surface area (Å²) in [5.41, 5.74) is 1.27. The number of rotatable bonds is 1. The molecule has 1 aromatic rings. The highest BCUT2D eigenvalue weighted by atomic mass is 32.2. The predicted molar refractivity (Wildman–Crippen MR) is 57.3 cm³/mol. The first-order valence-electron chi connectivity index (χ1n) is 4.90. The Bertz CT molecular complexity index is 570. The van der Waals surface area contributed by atoms with Crippen molar-refractivity contribution < 1.29 is 18.3 Å². The molecule has 2 heterocycles. The van der Waals surface area contributed by atoms with E-state index in [4.69, 9.17) is 5.11 Å². The fourth-order valence-corrected chi connectivity index (χ4v) is 2.16. The van der Waals surface area contributed by atoms with Crippen LogP contribution in [0.25, 0.3) is 0 Å². The number of amides is 1. The molecule has 1 amide bonds. The molecular formula is C9H11N3O4S. The minimum atomic E-state index is -3.42. The lowest BCUT2D eigenvalue weighted by atomic mass is 10.1. The fourth-order valence-electron chi connectivity index (χ4n) is 1.64. The van der Waals surface area contributed by atoms with E-state index in [0.717, 1.165) is 6.26 Å². The van der Waals surface area contributed by atoms with Crippen LogP contribution in [0.3, 0.4) is 0 Å². The number of sulfone groups is 1. The molecule has 0 fully saturated rings. The molecule has 2 rings (SSSR count). The van der Waals surface area contributed by atoms with Crippen LogP contribution in [-0.2, 0) is 22.8 Å². The number of carbonyl (C=O) groups is 1. The molecule has 0 radical (unpaired) electrons. The Hall–Kier alpha value is -1.70. The first-order valence-corrected chi connectivity index (χ1v) is 6.80. The monoisotopic (exact) mass is 257 g/mol. The molecule has 1 aliphatic heterocycles. The minimum absolute atomic E-state index is 0.203. The van der Waals surface area contributed by atoms with Gasteiger partial charge in [0.25, 0.3) is 0 Å². The average Bonchev–Trinajstić information content (AvgIpc) is 2.26. The van der Waals surface area contributed by atoms with E-state index >= 15 is 0 Å². The van der Waals surface area contributed by atoms with Gasteiger partial charge in [-0.3, -0.25) is 0 Å². The third-order valence-electron chi connectivity index (χ3n) is 2.51. The van der Waals surface area contributed by atoms with Crippen molar-refractivity contribution >= 4 is 15.9 Å². The zero-order valence-electron chi connectivity index (χ0n) is 9.12. The predicted octanol–water partition coefficient (Wildman–Crippen LogP) is -0.0838. The van der Waals surface area contributed by atoms with E-state index in [1.54, 1.807) is 0 Å². The zero-order valence-corrected chi connectivity index (χ0v) is 9.94. The van der Waals surface area contributed by atoms with E-state index in [1.165, 1.54) is 11.1 Å². The van der Waals surface area contributed by atoms with Crippen LogP contribution >= 0.6 is 0 Å². The summed E-state index contributed by atoms with van der Waals surface area (Å²) in [6, 6.07) is 0. The summed E-state index contributed by atoms with van der Waals surface area (Å²) < 4.78 is 22.5. The maximum Gasteiger partial charge on any atom is 0.407 e. The smallest absolute Gasteiger partial charge is 0.407 e. The number of hydrogen-bond acceptors (Lipinski definition) is 5. The second kappa shape index (κ2) is 3.95. The zero-order chi connectivity index (χ0) is 12.6. The molecule has 8 heteroatoms. The number of aromatic nitrogens is 2. The Morgan fingerprint density at radius 1 is 1.53 bits per heavy atom. The normalized spacial score (nSPS) is 15.5. The van der Waals surface area contributed by atoms with Gasteiger partial charge in [-0.2, -0.15) is 0 Å². The molecular weight excluding hydrogens is 246 g/mol. The standard InChI is InChI=1S/C9H11N3O4S/c1-17(15,16)8-10-4-6-5-12(9(13)14)3-2-7(6)11-8/h4H,2-3,5H2,1H3,(H,13,14). The van der Waals surface area contributed by atoms with Gasteiger partial charge in [0, 0.05) is 31.0 Å². The lowest BCUT2D eigenvalue weighted by Crippen LogP contribution is -2.35. The Morgan fingerprint density at radius 3 is 2.82 bits per heavy atom. The molecule has 0 bridgehead atoms. The summed E-state index contributed by atoms with van der Waals surface area (Å²) >= 11 is 0. The summed E-state index contributed by atoms with van der Waals surface area (Å²) in [5.74, 6) is 0. The van der Waals surface area contributed by atoms with Crippen molar-refractivity contribution in [2.75, 3.05) is 12.8 Å². The van der Waals surface area contributed by atoms with Crippen molar-refractivity contribution in [2.24, 2.45) is 0 Å². The van der Waals surface area contributed by atoms with Gasteiger partial charge < -0.3 is 10.0 Å². The topological polar surface area (TPSA) is 100 Å². The van der Waals surface area contributed by atoms with Crippen molar-refractivity contribution in [3.63, 3.8) is 0 Å². The Balaban J connectivity index is 2.35. The van der Waals surface area contributed by atoms with Crippen LogP contribution < -0.4 is 0 Å². The van der Waals surface area contributed by atoms with E-state index in [-0.39, 0.29) is 11.7 Å². The molecule has 0 atom stereocenters. The largest absolute Gasteiger partial charge is 0.465 e. The number of nitrogens with zero attached hydrogens (tertiary/aromatic N) is 3. The second-order valence-corrected chi connectivity index (χ2v) is 5.76. The number of fused-ring (bicyclic) bond motifs is 1. The van der Waals surface area contributed by atoms with E-state index in [1.807, 2.05) is 0 Å². The van der Waals surface area contributed by atoms with Crippen LogP contribution in [0.4, 0.5) is 4.79 Å². The van der Waals surface area contributed by atoms with Crippen molar-refractivity contribution in [2.45, 2.75) is 18.1 Å². The Kier molecular flexibility index (Phi) is 2.74. The molecule has 0 saturated heterocycles. The van der Waals surface area contributed by atoms with Crippen LogP contribution in [0, 0.1) is 0 Å². The summed E-state index contributed by atoms with van der Waals surface area (Å²) in [7, 11) is -3.42. The van der Waals surface area contributed by atoms with Gasteiger partial charge in [-0.1, -0.05) is 0 Å². The van der Waals surface area contributed by atoms with Crippen LogP contribution in [0.2, 0.25) is 0 Å². The molecule has 0 saturated carbocycles. The van der Waals surface area contributed by atoms with Gasteiger partial charge in [-0.25, -0.2) is 23.2 Å². The van der Waals surface area contributed by atoms with Gasteiger partial charge in [0.05, 0.1) is 12.2 Å². The van der Waals surface area contributed by atoms with E-state index < -0.39 is 15.9 Å². The third kappa shape index (κ3) is 2.36. The molecule has 0 aliphatic carbocycles. The average molecular weight is 257 g/mol. The molecule has 1 aromatic heterocycles. The summed E-state index contributed by atoms with van der Waals surface area (Å²) in [6.45, 7) is 0.525. The Labute approximate surface area is 98.0 Å². The maximum absolute atomic E-state index is 11.3. The maximum atomic E-state index is 11.3. The van der Waals surface area contributed by atoms with E-state index in [2.05, 4.69) is 9.97 Å². The van der Waals surface area contributed by atoms with Gasteiger partial charge in [0.15, 0.2) is 0 Å². The van der Waals surface area contributed by atoms with Crippen molar-refractivity contribution in [1.29, 1.82) is 0 Å². The third-order valence-corrected chi connectivity index (χ3v) is 3.37. The van der Waals surface area contributed by atoms with Crippen LogP contribution in [0.5, 0.6) is 0 Å².